The molecule has 2 unspecified atom stereocenters. The molecule has 3 nitrogen and oxygen atoms in total. The fraction of sp³-hybridized carbons (Fsp3) is 0.600. The summed E-state index contributed by atoms with van der Waals surface area (Å²) in [5, 5.41) is 12.0. The van der Waals surface area contributed by atoms with Crippen molar-refractivity contribution in [3.8, 4) is 0 Å². The molecule has 0 amide bonds. The van der Waals surface area contributed by atoms with Gasteiger partial charge in [0.2, 0.25) is 0 Å². The lowest BCUT2D eigenvalue weighted by atomic mass is 10.1. The molecule has 82 valence electrons. The van der Waals surface area contributed by atoms with E-state index in [2.05, 4.69) is 11.9 Å². The van der Waals surface area contributed by atoms with Crippen LogP contribution in [0.2, 0.25) is 0 Å². The standard InChI is InChI=1S/C10H19ClN2O/c1-5-8(2)9(11)6-7-12-10(14)13(3)4/h5-10,12,14H,1H2,2-4H3/b7-6+/t8?,9?,10-/m0/s1. The molecule has 0 rings (SSSR count). The molecule has 4 heteroatoms. The van der Waals surface area contributed by atoms with Crippen LogP contribution in [0, 0.1) is 5.92 Å². The van der Waals surface area contributed by atoms with Crippen LogP contribution in [0.15, 0.2) is 24.9 Å². The highest BCUT2D eigenvalue weighted by Crippen LogP contribution is 2.11. The van der Waals surface area contributed by atoms with Gasteiger partial charge in [-0.3, -0.25) is 4.90 Å². The van der Waals surface area contributed by atoms with Crippen LogP contribution in [0.25, 0.3) is 0 Å². The van der Waals surface area contributed by atoms with Crippen LogP contribution in [0.5, 0.6) is 0 Å². The summed E-state index contributed by atoms with van der Waals surface area (Å²) in [6, 6.07) is 0. The molecule has 0 bridgehead atoms. The molecule has 0 aliphatic carbocycles. The first kappa shape index (κ1) is 13.5. The normalized spacial score (nSPS) is 18.1. The van der Waals surface area contributed by atoms with Crippen LogP contribution in [-0.2, 0) is 0 Å². The smallest absolute Gasteiger partial charge is 0.183 e. The zero-order chi connectivity index (χ0) is 11.1. The summed E-state index contributed by atoms with van der Waals surface area (Å²) >= 11 is 6.00. The Kier molecular flexibility index (Phi) is 6.62. The fourth-order valence-corrected chi connectivity index (χ4v) is 0.863. The van der Waals surface area contributed by atoms with Crippen LogP contribution in [-0.4, -0.2) is 35.8 Å². The van der Waals surface area contributed by atoms with E-state index in [1.54, 1.807) is 37.3 Å². The summed E-state index contributed by atoms with van der Waals surface area (Å²) in [4.78, 5) is 1.64. The zero-order valence-electron chi connectivity index (χ0n) is 8.94. The van der Waals surface area contributed by atoms with Crippen molar-refractivity contribution in [2.45, 2.75) is 18.7 Å². The molecule has 3 atom stereocenters. The molecule has 0 saturated heterocycles. The number of alkyl halides is 1. The van der Waals surface area contributed by atoms with E-state index in [0.717, 1.165) is 0 Å². The molecule has 2 N–H and O–H groups in total. The largest absolute Gasteiger partial charge is 0.361 e. The molecular weight excluding hydrogens is 200 g/mol. The molecular formula is C10H19ClN2O. The Morgan fingerprint density at radius 3 is 2.50 bits per heavy atom. The van der Waals surface area contributed by atoms with Gasteiger partial charge in [-0.2, -0.15) is 0 Å². The number of aliphatic hydroxyl groups is 1. The maximum absolute atomic E-state index is 9.34. The van der Waals surface area contributed by atoms with Crippen LogP contribution in [0.4, 0.5) is 0 Å². The predicted molar refractivity (Wildman–Crippen MR) is 61.0 cm³/mol. The maximum atomic E-state index is 9.34. The number of halogens is 1. The molecule has 0 aromatic carbocycles. The Morgan fingerprint density at radius 1 is 1.50 bits per heavy atom. The molecule has 0 aromatic heterocycles. The molecule has 0 fully saturated rings. The maximum Gasteiger partial charge on any atom is 0.183 e. The molecule has 0 heterocycles. The lowest BCUT2D eigenvalue weighted by molar-refractivity contribution is 0.0228. The van der Waals surface area contributed by atoms with Gasteiger partial charge in [0.25, 0.3) is 0 Å². The predicted octanol–water partition coefficient (Wildman–Crippen LogP) is 1.36. The van der Waals surface area contributed by atoms with Crippen molar-refractivity contribution in [3.63, 3.8) is 0 Å². The second kappa shape index (κ2) is 6.87. The minimum atomic E-state index is -0.686. The van der Waals surface area contributed by atoms with Crippen molar-refractivity contribution in [1.29, 1.82) is 0 Å². The van der Waals surface area contributed by atoms with Gasteiger partial charge in [0.1, 0.15) is 0 Å². The summed E-state index contributed by atoms with van der Waals surface area (Å²) in [6.45, 7) is 5.64. The molecule has 14 heavy (non-hydrogen) atoms. The number of aliphatic hydroxyl groups excluding tert-OH is 1. The summed E-state index contributed by atoms with van der Waals surface area (Å²) < 4.78 is 0. The number of allylic oxidation sites excluding steroid dienone is 2. The van der Waals surface area contributed by atoms with Gasteiger partial charge in [0.15, 0.2) is 6.35 Å². The van der Waals surface area contributed by atoms with Crippen LogP contribution < -0.4 is 5.32 Å². The van der Waals surface area contributed by atoms with E-state index >= 15 is 0 Å². The van der Waals surface area contributed by atoms with E-state index in [1.807, 2.05) is 6.92 Å². The molecule has 0 aliphatic heterocycles. The molecule has 0 radical (unpaired) electrons. The molecule has 0 aliphatic rings. The summed E-state index contributed by atoms with van der Waals surface area (Å²) in [5.74, 6) is 0.214. The third-order valence-corrected chi connectivity index (χ3v) is 2.43. The highest BCUT2D eigenvalue weighted by atomic mass is 35.5. The van der Waals surface area contributed by atoms with Crippen molar-refractivity contribution in [3.05, 3.63) is 24.9 Å². The second-order valence-electron chi connectivity index (χ2n) is 3.40. The second-order valence-corrected chi connectivity index (χ2v) is 3.91. The lowest BCUT2D eigenvalue weighted by Gasteiger charge is -2.18. The molecule has 0 aromatic rings. The van der Waals surface area contributed by atoms with E-state index < -0.39 is 6.35 Å². The highest BCUT2D eigenvalue weighted by molar-refractivity contribution is 6.22. The third kappa shape index (κ3) is 5.27. The van der Waals surface area contributed by atoms with Gasteiger partial charge in [-0.05, 0) is 26.2 Å². The fourth-order valence-electron chi connectivity index (χ4n) is 0.688. The van der Waals surface area contributed by atoms with E-state index in [1.165, 1.54) is 0 Å². The first-order valence-electron chi connectivity index (χ1n) is 4.53. The van der Waals surface area contributed by atoms with E-state index in [-0.39, 0.29) is 11.3 Å². The van der Waals surface area contributed by atoms with Crippen LogP contribution in [0.3, 0.4) is 0 Å². The summed E-state index contributed by atoms with van der Waals surface area (Å²) in [5.41, 5.74) is 0. The summed E-state index contributed by atoms with van der Waals surface area (Å²) in [6.07, 6.45) is 4.56. The lowest BCUT2D eigenvalue weighted by Crippen LogP contribution is -2.38. The van der Waals surface area contributed by atoms with Crippen molar-refractivity contribution >= 4 is 11.6 Å². The Labute approximate surface area is 91.1 Å². The molecule has 0 saturated carbocycles. The summed E-state index contributed by atoms with van der Waals surface area (Å²) in [7, 11) is 3.55. The number of rotatable bonds is 6. The van der Waals surface area contributed by atoms with E-state index in [9.17, 15) is 5.11 Å². The van der Waals surface area contributed by atoms with E-state index in [0.29, 0.717) is 0 Å². The highest BCUT2D eigenvalue weighted by Gasteiger charge is 2.07. The van der Waals surface area contributed by atoms with Crippen molar-refractivity contribution in [2.24, 2.45) is 5.92 Å². The van der Waals surface area contributed by atoms with Crippen LogP contribution >= 0.6 is 11.6 Å². The average molecular weight is 219 g/mol. The Balaban J connectivity index is 3.88. The zero-order valence-corrected chi connectivity index (χ0v) is 9.70. The Bertz CT molecular complexity index is 195. The first-order chi connectivity index (χ1) is 6.49. The van der Waals surface area contributed by atoms with Crippen molar-refractivity contribution in [1.82, 2.24) is 10.2 Å². The van der Waals surface area contributed by atoms with Crippen molar-refractivity contribution < 1.29 is 5.11 Å². The van der Waals surface area contributed by atoms with Gasteiger partial charge < -0.3 is 10.4 Å². The minimum Gasteiger partial charge on any atom is -0.361 e. The van der Waals surface area contributed by atoms with Gasteiger partial charge in [0, 0.05) is 0 Å². The van der Waals surface area contributed by atoms with Crippen molar-refractivity contribution in [2.75, 3.05) is 14.1 Å². The van der Waals surface area contributed by atoms with Gasteiger partial charge in [-0.25, -0.2) is 0 Å². The minimum absolute atomic E-state index is 0.102. The quantitative estimate of drug-likeness (QED) is 0.402. The van der Waals surface area contributed by atoms with Gasteiger partial charge in [-0.15, -0.1) is 18.2 Å². The number of hydrogen-bond donors (Lipinski definition) is 2. The number of nitrogens with one attached hydrogen (secondary N) is 1. The Hall–Kier alpha value is -0.510. The first-order valence-corrected chi connectivity index (χ1v) is 4.96. The monoisotopic (exact) mass is 218 g/mol. The van der Waals surface area contributed by atoms with Crippen LogP contribution in [0.1, 0.15) is 6.92 Å². The average Bonchev–Trinajstić information content (AvgIpc) is 2.15. The number of nitrogens with zero attached hydrogens (tertiary/aromatic N) is 1. The molecule has 0 spiro atoms. The van der Waals surface area contributed by atoms with Gasteiger partial charge in [0.05, 0.1) is 5.38 Å². The number of hydrogen-bond acceptors (Lipinski definition) is 3. The van der Waals surface area contributed by atoms with Gasteiger partial charge in [-0.1, -0.05) is 19.1 Å². The SMILES string of the molecule is C=CC(C)C(Cl)/C=C/N[C@H](O)N(C)C. The van der Waals surface area contributed by atoms with Gasteiger partial charge >= 0.3 is 0 Å². The third-order valence-electron chi connectivity index (χ3n) is 1.89. The topological polar surface area (TPSA) is 35.5 Å². The van der Waals surface area contributed by atoms with E-state index in [4.69, 9.17) is 11.6 Å². The Morgan fingerprint density at radius 2 is 2.07 bits per heavy atom.